The molecule has 25 nitrogen and oxygen atoms in total. The Bertz CT molecular complexity index is 3100. The zero-order valence-corrected chi connectivity index (χ0v) is 65.0. The van der Waals surface area contributed by atoms with E-state index in [0.717, 1.165) is 58.1 Å². The Labute approximate surface area is 622 Å². The van der Waals surface area contributed by atoms with Crippen molar-refractivity contribution >= 4 is 82.5 Å². The van der Waals surface area contributed by atoms with Crippen LogP contribution in [0.2, 0.25) is 0 Å². The lowest BCUT2D eigenvalue weighted by atomic mass is 9.78. The van der Waals surface area contributed by atoms with Crippen LogP contribution in [0.15, 0.2) is 0 Å². The van der Waals surface area contributed by atoms with E-state index in [1.807, 2.05) is 6.92 Å². The fourth-order valence-corrected chi connectivity index (χ4v) is 17.3. The van der Waals surface area contributed by atoms with Crippen LogP contribution in [0.4, 0.5) is 22.0 Å². The van der Waals surface area contributed by atoms with Gasteiger partial charge in [-0.1, -0.05) is 79.1 Å². The topological polar surface area (TPSA) is 273 Å². The quantitative estimate of drug-likeness (QED) is 0.149. The van der Waals surface area contributed by atoms with E-state index in [1.54, 1.807) is 25.7 Å². The third kappa shape index (κ3) is 21.1. The number of nitrogens with zero attached hydrogens (tertiary/aromatic N) is 10. The molecule has 3 N–H and O–H groups in total. The number of carbonyl (C=O) groups is 12. The lowest BCUT2D eigenvalue weighted by molar-refractivity contribution is -0.182. The SMILES string of the molecule is CC[C@H](C)[C@@H]1NC(=O)[C@H](C)N(C)C(=O)C[C@@H](C(=O)N2CCCCC2)N(C)C(=O)[C@H](C(C)C)N(C)C(=O)C2(CCCC2)NC(=O)[C@H](CCN2CCCC(F)(F)C2)N(C)C(=O)[C@H](CCC2CCC(C(F)(F)F)C(Cl)C2)NC(=O)CN(C)C(=O)[C@H](CC2CCCCC2)N(C)C(=O)[C@@H]2CCN2C(=O)[C@H](C)N(C)C1=O. The zero-order valence-electron chi connectivity index (χ0n) is 64.2. The van der Waals surface area contributed by atoms with Crippen molar-refractivity contribution in [2.24, 2.45) is 29.6 Å². The zero-order chi connectivity index (χ0) is 77.9. The largest absolute Gasteiger partial charge is 0.393 e. The number of rotatable bonds is 12. The lowest BCUT2D eigenvalue weighted by Gasteiger charge is -2.45. The Morgan fingerprint density at radius 3 is 1.81 bits per heavy atom. The Balaban J connectivity index is 1.30. The minimum Gasteiger partial charge on any atom is -0.343 e. The molecule has 0 aromatic rings. The summed E-state index contributed by atoms with van der Waals surface area (Å²) in [6, 6.07) is -11.8. The number of alkyl halides is 6. The summed E-state index contributed by atoms with van der Waals surface area (Å²) in [5, 5.41) is 7.30. The highest BCUT2D eigenvalue weighted by molar-refractivity contribution is 6.21. The Morgan fingerprint density at radius 2 is 1.23 bits per heavy atom. The highest BCUT2D eigenvalue weighted by atomic mass is 35.5. The predicted molar refractivity (Wildman–Crippen MR) is 383 cm³/mol. The van der Waals surface area contributed by atoms with E-state index in [4.69, 9.17) is 11.6 Å². The van der Waals surface area contributed by atoms with Gasteiger partial charge in [-0.05, 0) is 134 Å². The van der Waals surface area contributed by atoms with Gasteiger partial charge in [0.2, 0.25) is 70.9 Å². The van der Waals surface area contributed by atoms with Crippen LogP contribution in [0.25, 0.3) is 0 Å². The summed E-state index contributed by atoms with van der Waals surface area (Å²) < 4.78 is 72.6. The van der Waals surface area contributed by atoms with Crippen molar-refractivity contribution in [2.75, 3.05) is 95.1 Å². The van der Waals surface area contributed by atoms with Gasteiger partial charge in [-0.15, -0.1) is 11.6 Å². The molecule has 7 rings (SSSR count). The summed E-state index contributed by atoms with van der Waals surface area (Å²) in [5.41, 5.74) is -1.74. The maximum Gasteiger partial charge on any atom is 0.393 e. The second-order valence-electron chi connectivity index (χ2n) is 31.9. The first kappa shape index (κ1) is 85.8. The summed E-state index contributed by atoms with van der Waals surface area (Å²) >= 11 is 6.43. The summed E-state index contributed by atoms with van der Waals surface area (Å²) in [6.45, 7) is 9.44. The molecule has 3 saturated carbocycles. The van der Waals surface area contributed by atoms with Crippen LogP contribution >= 0.6 is 11.6 Å². The molecule has 3 aliphatic carbocycles. The van der Waals surface area contributed by atoms with Crippen LogP contribution in [0.1, 0.15) is 196 Å². The molecule has 12 amide bonds. The molecule has 3 unspecified atom stereocenters. The van der Waals surface area contributed by atoms with Gasteiger partial charge in [0.1, 0.15) is 59.9 Å². The number of nitrogens with one attached hydrogen (secondary N) is 3. The number of hydrogen-bond donors (Lipinski definition) is 3. The summed E-state index contributed by atoms with van der Waals surface area (Å²) in [5.74, 6) is -15.0. The van der Waals surface area contributed by atoms with Gasteiger partial charge in [0, 0.05) is 87.3 Å². The second kappa shape index (κ2) is 37.1. The maximum absolute atomic E-state index is 15.6. The molecule has 0 aromatic heterocycles. The number of likely N-dealkylation sites (N-methyl/N-ethyl adjacent to an activating group) is 7. The summed E-state index contributed by atoms with van der Waals surface area (Å²) in [6.07, 6.45) is 2.01. The smallest absolute Gasteiger partial charge is 0.343 e. The average molecular weight is 1510 g/mol. The van der Waals surface area contributed by atoms with Gasteiger partial charge < -0.3 is 60.0 Å². The molecule has 0 bridgehead atoms. The van der Waals surface area contributed by atoms with Crippen molar-refractivity contribution in [3.05, 3.63) is 0 Å². The maximum atomic E-state index is 15.6. The monoisotopic (exact) mass is 1510 g/mol. The highest BCUT2D eigenvalue weighted by Gasteiger charge is 2.52. The Hall–Kier alpha value is -6.46. The van der Waals surface area contributed by atoms with Crippen molar-refractivity contribution in [1.29, 1.82) is 0 Å². The van der Waals surface area contributed by atoms with Gasteiger partial charge in [0.25, 0.3) is 5.92 Å². The fourth-order valence-electron chi connectivity index (χ4n) is 16.8. The van der Waals surface area contributed by atoms with Gasteiger partial charge in [0.15, 0.2) is 0 Å². The van der Waals surface area contributed by atoms with Gasteiger partial charge >= 0.3 is 6.18 Å². The van der Waals surface area contributed by atoms with Crippen molar-refractivity contribution < 1.29 is 79.5 Å². The molecule has 31 heteroatoms. The normalized spacial score (nSPS) is 31.1. The average Bonchev–Trinajstić information content (AvgIpc) is 1.42. The van der Waals surface area contributed by atoms with Crippen LogP contribution in [0, 0.1) is 29.6 Å². The van der Waals surface area contributed by atoms with E-state index in [9.17, 15) is 46.7 Å². The Kier molecular flexibility index (Phi) is 30.3. The number of piperidine rings is 2. The summed E-state index contributed by atoms with van der Waals surface area (Å²) in [4.78, 5) is 193. The van der Waals surface area contributed by atoms with Crippen molar-refractivity contribution in [2.45, 2.75) is 273 Å². The number of likely N-dealkylation sites (tertiary alicyclic amines) is 2. The number of carbonyl (C=O) groups excluding carboxylic acids is 12. The molecule has 0 aromatic carbocycles. The van der Waals surface area contributed by atoms with Crippen molar-refractivity contribution in [1.82, 2.24) is 64.9 Å². The van der Waals surface area contributed by atoms with Crippen LogP contribution < -0.4 is 16.0 Å². The second-order valence-corrected chi connectivity index (χ2v) is 32.4. The van der Waals surface area contributed by atoms with Crippen molar-refractivity contribution in [3.63, 3.8) is 0 Å². The van der Waals surface area contributed by atoms with Gasteiger partial charge in [-0.3, -0.25) is 62.4 Å². The van der Waals surface area contributed by atoms with E-state index >= 15 is 32.8 Å². The molecular formula is C74H119ClF5N13O12. The molecule has 594 valence electrons. The van der Waals surface area contributed by atoms with E-state index < -0.39 is 191 Å². The number of halogens is 6. The van der Waals surface area contributed by atoms with E-state index in [1.165, 1.54) is 87.7 Å². The molecule has 4 saturated heterocycles. The number of hydrogen-bond acceptors (Lipinski definition) is 13. The van der Waals surface area contributed by atoms with Crippen molar-refractivity contribution in [3.8, 4) is 0 Å². The third-order valence-corrected chi connectivity index (χ3v) is 24.7. The summed E-state index contributed by atoms with van der Waals surface area (Å²) in [7, 11) is 9.65. The highest BCUT2D eigenvalue weighted by Crippen LogP contribution is 2.44. The molecule has 105 heavy (non-hydrogen) atoms. The molecule has 13 atom stereocenters. The first-order chi connectivity index (χ1) is 49.3. The number of fused-ring (bicyclic) bond motifs is 1. The number of amides is 12. The Morgan fingerprint density at radius 1 is 0.600 bits per heavy atom. The molecule has 4 heterocycles. The van der Waals surface area contributed by atoms with Gasteiger partial charge in [0.05, 0.1) is 25.4 Å². The van der Waals surface area contributed by atoms with Crippen LogP contribution in [-0.2, 0) is 57.5 Å². The van der Waals surface area contributed by atoms with Crippen LogP contribution in [0.3, 0.4) is 0 Å². The molecule has 7 fully saturated rings. The minimum atomic E-state index is -4.56. The molecule has 7 aliphatic rings. The van der Waals surface area contributed by atoms with Gasteiger partial charge in [-0.25, -0.2) is 8.78 Å². The van der Waals surface area contributed by atoms with Crippen LogP contribution in [-0.4, -0.2) is 292 Å². The van der Waals surface area contributed by atoms with E-state index in [2.05, 4.69) is 16.0 Å². The fraction of sp³-hybridized carbons (Fsp3) is 0.838. The molecule has 1 spiro atoms. The predicted octanol–water partition coefficient (Wildman–Crippen LogP) is 6.02. The molecule has 0 radical (unpaired) electrons. The standard InChI is InChI=1S/C74H119ClF5N13O12/c1-14-46(4)60-69(103)86(9)48(6)64(98)93-39-31-55(93)67(101)88(11)56(41-49-24-17-15-18-25-49)66(100)84(7)43-58(94)81-53(29-27-50-26-28-51(52(75)40-50)74(78,79)80)65(99)87(10)54(30-38-91-35-23-34-73(76,77)44-91)63(97)83-72(32-19-20-33-72)71(105)90(13)61(45(2)3)70(104)89(12)57(68(102)92-36-21-16-22-37-92)42-59(95)85(8)47(5)62(96)82-60/h45-57,60-61H,14-44H2,1-13H3,(H,81,94)(H,82,96)(H,83,97)/t46-,47-,48-,50?,51?,52?,53-,54-,55-,56-,57-,60-,61-/m0/s1. The lowest BCUT2D eigenvalue weighted by Crippen LogP contribution is -2.65. The van der Waals surface area contributed by atoms with Crippen LogP contribution in [0.5, 0.6) is 0 Å². The molecular weight excluding hydrogens is 1390 g/mol. The first-order valence-corrected chi connectivity index (χ1v) is 38.9. The molecule has 4 aliphatic heterocycles. The van der Waals surface area contributed by atoms with E-state index in [-0.39, 0.29) is 103 Å². The third-order valence-electron chi connectivity index (χ3n) is 24.2. The minimum absolute atomic E-state index is 0.0105. The van der Waals surface area contributed by atoms with Gasteiger partial charge in [-0.2, -0.15) is 13.2 Å². The first-order valence-electron chi connectivity index (χ1n) is 38.4. The van der Waals surface area contributed by atoms with E-state index in [0.29, 0.717) is 45.2 Å².